The highest BCUT2D eigenvalue weighted by atomic mass is 32.1. The summed E-state index contributed by atoms with van der Waals surface area (Å²) in [6.07, 6.45) is 1.80. The molecule has 0 amide bonds. The summed E-state index contributed by atoms with van der Waals surface area (Å²) in [4.78, 5) is 5.67. The molecule has 0 saturated carbocycles. The molecule has 0 aliphatic rings. The van der Waals surface area contributed by atoms with Crippen LogP contribution in [0.3, 0.4) is 0 Å². The molecule has 0 bridgehead atoms. The average molecular weight is 284 g/mol. The van der Waals surface area contributed by atoms with Crippen LogP contribution in [0.4, 0.5) is 0 Å². The van der Waals surface area contributed by atoms with Crippen LogP contribution in [0.2, 0.25) is 0 Å². The number of hydrogen-bond acceptors (Lipinski definition) is 4. The van der Waals surface area contributed by atoms with Gasteiger partial charge in [-0.05, 0) is 35.7 Å². The molecule has 2 aromatic heterocycles. The predicted molar refractivity (Wildman–Crippen MR) is 83.3 cm³/mol. The fraction of sp³-hybridized carbons (Fsp3) is 0.188. The van der Waals surface area contributed by atoms with Crippen molar-refractivity contribution in [1.29, 1.82) is 0 Å². The lowest BCUT2D eigenvalue weighted by Gasteiger charge is -2.09. The van der Waals surface area contributed by atoms with Crippen molar-refractivity contribution in [1.82, 2.24) is 10.3 Å². The standard InChI is InChI=1S/C16H16N2OS/c1-6-15-14(5-2-8-18-15)16(7-1)19-10-9-17-12-13-4-3-11-20-13/h1-8,11,17H,9-10,12H2. The van der Waals surface area contributed by atoms with Gasteiger partial charge in [-0.3, -0.25) is 4.98 Å². The minimum Gasteiger partial charge on any atom is -0.492 e. The van der Waals surface area contributed by atoms with Crippen LogP contribution in [0.15, 0.2) is 54.0 Å². The number of fused-ring (bicyclic) bond motifs is 1. The van der Waals surface area contributed by atoms with Gasteiger partial charge in [0.2, 0.25) is 0 Å². The number of pyridine rings is 1. The number of rotatable bonds is 6. The zero-order valence-corrected chi connectivity index (χ0v) is 11.9. The van der Waals surface area contributed by atoms with Crippen LogP contribution in [0.1, 0.15) is 4.88 Å². The van der Waals surface area contributed by atoms with Crippen molar-refractivity contribution in [2.24, 2.45) is 0 Å². The van der Waals surface area contributed by atoms with Crippen LogP contribution in [0.5, 0.6) is 5.75 Å². The second-order valence-electron chi connectivity index (χ2n) is 4.43. The first kappa shape index (κ1) is 13.1. The highest BCUT2D eigenvalue weighted by Gasteiger charge is 2.01. The number of benzene rings is 1. The summed E-state index contributed by atoms with van der Waals surface area (Å²) < 4.78 is 5.84. The van der Waals surface area contributed by atoms with E-state index in [4.69, 9.17) is 4.74 Å². The van der Waals surface area contributed by atoms with Crippen LogP contribution in [0.25, 0.3) is 10.9 Å². The summed E-state index contributed by atoms with van der Waals surface area (Å²) >= 11 is 1.77. The van der Waals surface area contributed by atoms with E-state index in [0.29, 0.717) is 6.61 Å². The van der Waals surface area contributed by atoms with E-state index in [0.717, 1.165) is 29.7 Å². The van der Waals surface area contributed by atoms with Gasteiger partial charge in [0.05, 0.1) is 5.52 Å². The van der Waals surface area contributed by atoms with Crippen molar-refractivity contribution in [2.75, 3.05) is 13.2 Å². The Kier molecular flexibility index (Phi) is 4.25. The minimum absolute atomic E-state index is 0.652. The first-order chi connectivity index (χ1) is 9.93. The molecule has 0 aliphatic carbocycles. The van der Waals surface area contributed by atoms with Gasteiger partial charge in [0.25, 0.3) is 0 Å². The third kappa shape index (κ3) is 3.15. The third-order valence-electron chi connectivity index (χ3n) is 3.02. The first-order valence-corrected chi connectivity index (χ1v) is 7.51. The average Bonchev–Trinajstić information content (AvgIpc) is 3.00. The molecule has 0 aliphatic heterocycles. The summed E-state index contributed by atoms with van der Waals surface area (Å²) in [6.45, 7) is 2.38. The molecule has 0 atom stereocenters. The van der Waals surface area contributed by atoms with E-state index in [1.807, 2.05) is 30.3 Å². The topological polar surface area (TPSA) is 34.1 Å². The maximum atomic E-state index is 5.84. The quantitative estimate of drug-likeness (QED) is 0.704. The Morgan fingerprint density at radius 3 is 3.00 bits per heavy atom. The highest BCUT2D eigenvalue weighted by Crippen LogP contribution is 2.23. The molecule has 0 fully saturated rings. The van der Waals surface area contributed by atoms with Gasteiger partial charge in [0, 0.05) is 29.5 Å². The Hall–Kier alpha value is -1.91. The minimum atomic E-state index is 0.652. The van der Waals surface area contributed by atoms with Gasteiger partial charge < -0.3 is 10.1 Å². The van der Waals surface area contributed by atoms with E-state index in [9.17, 15) is 0 Å². The monoisotopic (exact) mass is 284 g/mol. The SMILES string of the molecule is c1csc(CNCCOc2cccc3ncccc23)c1. The van der Waals surface area contributed by atoms with Gasteiger partial charge in [-0.25, -0.2) is 0 Å². The van der Waals surface area contributed by atoms with Crippen LogP contribution in [-0.2, 0) is 6.54 Å². The Morgan fingerprint density at radius 2 is 2.10 bits per heavy atom. The summed E-state index contributed by atoms with van der Waals surface area (Å²) in [7, 11) is 0. The van der Waals surface area contributed by atoms with Crippen LogP contribution >= 0.6 is 11.3 Å². The van der Waals surface area contributed by atoms with Gasteiger partial charge in [0.1, 0.15) is 12.4 Å². The van der Waals surface area contributed by atoms with Crippen LogP contribution in [0, 0.1) is 0 Å². The van der Waals surface area contributed by atoms with Crippen molar-refractivity contribution in [3.8, 4) is 5.75 Å². The summed E-state index contributed by atoms with van der Waals surface area (Å²) in [6, 6.07) is 14.1. The van der Waals surface area contributed by atoms with Gasteiger partial charge in [0.15, 0.2) is 0 Å². The lowest BCUT2D eigenvalue weighted by molar-refractivity contribution is 0.317. The summed E-state index contributed by atoms with van der Waals surface area (Å²) in [5.74, 6) is 0.897. The molecule has 3 nitrogen and oxygen atoms in total. The lowest BCUT2D eigenvalue weighted by atomic mass is 10.2. The van der Waals surface area contributed by atoms with Crippen molar-refractivity contribution in [3.05, 3.63) is 58.9 Å². The summed E-state index contributed by atoms with van der Waals surface area (Å²) in [5.41, 5.74) is 0.969. The maximum absolute atomic E-state index is 5.84. The molecule has 3 rings (SSSR count). The number of thiophene rings is 1. The van der Waals surface area contributed by atoms with Crippen molar-refractivity contribution in [2.45, 2.75) is 6.54 Å². The second kappa shape index (κ2) is 6.50. The molecule has 0 radical (unpaired) electrons. The maximum Gasteiger partial charge on any atom is 0.128 e. The first-order valence-electron chi connectivity index (χ1n) is 6.63. The number of nitrogens with zero attached hydrogens (tertiary/aromatic N) is 1. The molecule has 3 aromatic rings. The van der Waals surface area contributed by atoms with Crippen molar-refractivity contribution < 1.29 is 4.74 Å². The third-order valence-corrected chi connectivity index (χ3v) is 3.90. The zero-order valence-electron chi connectivity index (χ0n) is 11.1. The normalized spacial score (nSPS) is 10.8. The van der Waals surface area contributed by atoms with Gasteiger partial charge in [-0.2, -0.15) is 0 Å². The van der Waals surface area contributed by atoms with E-state index >= 15 is 0 Å². The van der Waals surface area contributed by atoms with E-state index in [2.05, 4.69) is 27.8 Å². The van der Waals surface area contributed by atoms with Crippen molar-refractivity contribution in [3.63, 3.8) is 0 Å². The molecule has 2 heterocycles. The predicted octanol–water partition coefficient (Wildman–Crippen LogP) is 3.46. The molecule has 0 unspecified atom stereocenters. The van der Waals surface area contributed by atoms with E-state index in [1.165, 1.54) is 4.88 Å². The van der Waals surface area contributed by atoms with Gasteiger partial charge >= 0.3 is 0 Å². The van der Waals surface area contributed by atoms with Crippen molar-refractivity contribution >= 4 is 22.2 Å². The summed E-state index contributed by atoms with van der Waals surface area (Å²) in [5, 5.41) is 6.53. The molecular formula is C16H16N2OS. The van der Waals surface area contributed by atoms with Gasteiger partial charge in [-0.15, -0.1) is 11.3 Å². The molecule has 4 heteroatoms. The highest BCUT2D eigenvalue weighted by molar-refractivity contribution is 7.09. The fourth-order valence-corrected chi connectivity index (χ4v) is 2.73. The van der Waals surface area contributed by atoms with E-state index in [1.54, 1.807) is 17.5 Å². The number of nitrogens with one attached hydrogen (secondary N) is 1. The van der Waals surface area contributed by atoms with E-state index in [-0.39, 0.29) is 0 Å². The number of aromatic nitrogens is 1. The second-order valence-corrected chi connectivity index (χ2v) is 5.46. The zero-order chi connectivity index (χ0) is 13.6. The lowest BCUT2D eigenvalue weighted by Crippen LogP contribution is -2.20. The molecule has 0 spiro atoms. The fourth-order valence-electron chi connectivity index (χ4n) is 2.06. The Bertz CT molecular complexity index is 662. The smallest absolute Gasteiger partial charge is 0.128 e. The molecule has 1 N–H and O–H groups in total. The Balaban J connectivity index is 1.52. The van der Waals surface area contributed by atoms with Crippen LogP contribution < -0.4 is 10.1 Å². The Labute approximate surface area is 122 Å². The molecular weight excluding hydrogens is 268 g/mol. The largest absolute Gasteiger partial charge is 0.492 e. The Morgan fingerprint density at radius 1 is 1.10 bits per heavy atom. The molecule has 102 valence electrons. The molecule has 0 saturated heterocycles. The van der Waals surface area contributed by atoms with E-state index < -0.39 is 0 Å². The van der Waals surface area contributed by atoms with Gasteiger partial charge in [-0.1, -0.05) is 12.1 Å². The molecule has 1 aromatic carbocycles. The van der Waals surface area contributed by atoms with Crippen LogP contribution in [-0.4, -0.2) is 18.1 Å². The number of ether oxygens (including phenoxy) is 1. The molecule has 20 heavy (non-hydrogen) atoms. The number of hydrogen-bond donors (Lipinski definition) is 1.